The third-order valence-corrected chi connectivity index (χ3v) is 2.55. The molecule has 0 radical (unpaired) electrons. The second-order valence-electron chi connectivity index (χ2n) is 6.01. The third-order valence-electron chi connectivity index (χ3n) is 2.55. The Kier molecular flexibility index (Phi) is 2.80. The first-order valence-corrected chi connectivity index (χ1v) is 5.38. The summed E-state index contributed by atoms with van der Waals surface area (Å²) >= 11 is 0. The van der Waals surface area contributed by atoms with Gasteiger partial charge in [-0.05, 0) is 26.8 Å². The minimum Gasteiger partial charge on any atom is -0.366 e. The average Bonchev–Trinajstić information content (AvgIpc) is 2.01. The van der Waals surface area contributed by atoms with Crippen LogP contribution >= 0.6 is 0 Å². The zero-order valence-corrected chi connectivity index (χ0v) is 10.4. The molecule has 0 unspecified atom stereocenters. The van der Waals surface area contributed by atoms with Crippen molar-refractivity contribution in [1.29, 1.82) is 0 Å². The van der Waals surface area contributed by atoms with E-state index in [9.17, 15) is 0 Å². The maximum atomic E-state index is 2.48. The molecule has 0 amide bonds. The minimum absolute atomic E-state index is 0.212. The van der Waals surface area contributed by atoms with E-state index in [1.54, 1.807) is 0 Å². The van der Waals surface area contributed by atoms with Gasteiger partial charge in [-0.25, -0.2) is 0 Å². The van der Waals surface area contributed by atoms with Crippen LogP contribution in [0.3, 0.4) is 0 Å². The molecular formula is C13H23N. The largest absolute Gasteiger partial charge is 0.366 e. The summed E-state index contributed by atoms with van der Waals surface area (Å²) in [6.07, 6.45) is 6.64. The molecule has 14 heavy (non-hydrogen) atoms. The van der Waals surface area contributed by atoms with E-state index in [1.807, 2.05) is 0 Å². The van der Waals surface area contributed by atoms with Crippen molar-refractivity contribution in [1.82, 2.24) is 4.90 Å². The lowest BCUT2D eigenvalue weighted by Crippen LogP contribution is -2.44. The number of hydrogen-bond donors (Lipinski definition) is 0. The van der Waals surface area contributed by atoms with Crippen LogP contribution < -0.4 is 0 Å². The van der Waals surface area contributed by atoms with Crippen molar-refractivity contribution in [3.05, 3.63) is 23.9 Å². The van der Waals surface area contributed by atoms with Crippen LogP contribution in [0.15, 0.2) is 23.9 Å². The molecule has 1 aliphatic heterocycles. The van der Waals surface area contributed by atoms with Crippen LogP contribution in [0.25, 0.3) is 0 Å². The second kappa shape index (κ2) is 3.45. The summed E-state index contributed by atoms with van der Waals surface area (Å²) in [4.78, 5) is 2.48. The topological polar surface area (TPSA) is 3.24 Å². The molecule has 0 bridgehead atoms. The molecule has 1 aliphatic rings. The molecule has 0 saturated heterocycles. The lowest BCUT2D eigenvalue weighted by atomic mass is 9.87. The highest BCUT2D eigenvalue weighted by atomic mass is 15.2. The SMILES string of the molecule is CC(C)(C)C1=CC=CCN1C(C)(C)C. The molecule has 0 atom stereocenters. The molecule has 1 heteroatoms. The van der Waals surface area contributed by atoms with E-state index < -0.39 is 0 Å². The van der Waals surface area contributed by atoms with Crippen molar-refractivity contribution < 1.29 is 0 Å². The van der Waals surface area contributed by atoms with Gasteiger partial charge in [0.15, 0.2) is 0 Å². The number of allylic oxidation sites excluding steroid dienone is 3. The molecular weight excluding hydrogens is 170 g/mol. The van der Waals surface area contributed by atoms with Crippen LogP contribution in [-0.4, -0.2) is 17.0 Å². The van der Waals surface area contributed by atoms with E-state index in [4.69, 9.17) is 0 Å². The van der Waals surface area contributed by atoms with Crippen molar-refractivity contribution in [3.63, 3.8) is 0 Å². The van der Waals surface area contributed by atoms with Gasteiger partial charge in [-0.15, -0.1) is 0 Å². The predicted octanol–water partition coefficient (Wildman–Crippen LogP) is 3.59. The predicted molar refractivity (Wildman–Crippen MR) is 63.1 cm³/mol. The first-order chi connectivity index (χ1) is 6.23. The fourth-order valence-electron chi connectivity index (χ4n) is 1.80. The number of hydrogen-bond acceptors (Lipinski definition) is 1. The van der Waals surface area contributed by atoms with Gasteiger partial charge in [0.25, 0.3) is 0 Å². The smallest absolute Gasteiger partial charge is 0.0365 e. The summed E-state index contributed by atoms with van der Waals surface area (Å²) in [6.45, 7) is 14.7. The van der Waals surface area contributed by atoms with E-state index in [2.05, 4.69) is 64.7 Å². The Bertz CT molecular complexity index is 258. The van der Waals surface area contributed by atoms with Gasteiger partial charge in [-0.3, -0.25) is 0 Å². The van der Waals surface area contributed by atoms with E-state index in [-0.39, 0.29) is 11.0 Å². The minimum atomic E-state index is 0.212. The van der Waals surface area contributed by atoms with Gasteiger partial charge in [-0.1, -0.05) is 32.9 Å². The number of nitrogens with zero attached hydrogens (tertiary/aromatic N) is 1. The highest BCUT2D eigenvalue weighted by Crippen LogP contribution is 2.34. The van der Waals surface area contributed by atoms with Crippen molar-refractivity contribution in [2.24, 2.45) is 5.41 Å². The highest BCUT2D eigenvalue weighted by molar-refractivity contribution is 5.23. The molecule has 0 fully saturated rings. The van der Waals surface area contributed by atoms with Crippen LogP contribution in [-0.2, 0) is 0 Å². The second-order valence-corrected chi connectivity index (χ2v) is 6.01. The molecule has 1 rings (SSSR count). The quantitative estimate of drug-likeness (QED) is 0.568. The van der Waals surface area contributed by atoms with Gasteiger partial charge in [0.2, 0.25) is 0 Å². The molecule has 1 nitrogen and oxygen atoms in total. The van der Waals surface area contributed by atoms with Crippen LogP contribution in [0, 0.1) is 5.41 Å². The molecule has 80 valence electrons. The lowest BCUT2D eigenvalue weighted by Gasteiger charge is -2.44. The van der Waals surface area contributed by atoms with E-state index >= 15 is 0 Å². The molecule has 0 aliphatic carbocycles. The fraction of sp³-hybridized carbons (Fsp3) is 0.692. The van der Waals surface area contributed by atoms with E-state index in [0.29, 0.717) is 0 Å². The standard InChI is InChI=1S/C13H23N/c1-12(2,3)11-9-7-8-10-14(11)13(4,5)6/h7-9H,10H2,1-6H3. The van der Waals surface area contributed by atoms with Crippen molar-refractivity contribution in [2.75, 3.05) is 6.54 Å². The first kappa shape index (κ1) is 11.4. The Morgan fingerprint density at radius 2 is 1.64 bits per heavy atom. The first-order valence-electron chi connectivity index (χ1n) is 5.38. The van der Waals surface area contributed by atoms with Gasteiger partial charge < -0.3 is 4.90 Å². The molecule has 0 N–H and O–H groups in total. The van der Waals surface area contributed by atoms with Gasteiger partial charge >= 0.3 is 0 Å². The molecule has 0 saturated carbocycles. The lowest BCUT2D eigenvalue weighted by molar-refractivity contribution is 0.162. The van der Waals surface area contributed by atoms with Gasteiger partial charge in [0.05, 0.1) is 0 Å². The maximum absolute atomic E-state index is 2.48. The Morgan fingerprint density at radius 1 is 1.07 bits per heavy atom. The van der Waals surface area contributed by atoms with Crippen molar-refractivity contribution >= 4 is 0 Å². The number of rotatable bonds is 0. The summed E-state index contributed by atoms with van der Waals surface area (Å²) in [5.74, 6) is 0. The summed E-state index contributed by atoms with van der Waals surface area (Å²) in [5, 5.41) is 0. The maximum Gasteiger partial charge on any atom is 0.0365 e. The van der Waals surface area contributed by atoms with Crippen LogP contribution in [0.4, 0.5) is 0 Å². The molecule has 0 spiro atoms. The van der Waals surface area contributed by atoms with Gasteiger partial charge in [0, 0.05) is 23.2 Å². The Labute approximate surface area is 88.5 Å². The Morgan fingerprint density at radius 3 is 2.00 bits per heavy atom. The van der Waals surface area contributed by atoms with Crippen LogP contribution in [0.2, 0.25) is 0 Å². The third kappa shape index (κ3) is 2.40. The Balaban J connectivity index is 3.00. The fourth-order valence-corrected chi connectivity index (χ4v) is 1.80. The molecule has 0 aromatic rings. The van der Waals surface area contributed by atoms with Crippen LogP contribution in [0.5, 0.6) is 0 Å². The highest BCUT2D eigenvalue weighted by Gasteiger charge is 2.30. The van der Waals surface area contributed by atoms with Crippen molar-refractivity contribution in [2.45, 2.75) is 47.1 Å². The molecule has 0 aromatic heterocycles. The summed E-state index contributed by atoms with van der Waals surface area (Å²) < 4.78 is 0. The van der Waals surface area contributed by atoms with Gasteiger partial charge in [0.1, 0.15) is 0 Å². The summed E-state index contributed by atoms with van der Waals surface area (Å²) in [6, 6.07) is 0. The molecule has 0 aromatic carbocycles. The summed E-state index contributed by atoms with van der Waals surface area (Å²) in [7, 11) is 0. The Hall–Kier alpha value is -0.720. The average molecular weight is 193 g/mol. The summed E-state index contributed by atoms with van der Waals surface area (Å²) in [5.41, 5.74) is 1.88. The van der Waals surface area contributed by atoms with E-state index in [1.165, 1.54) is 5.70 Å². The van der Waals surface area contributed by atoms with Crippen molar-refractivity contribution in [3.8, 4) is 0 Å². The zero-order chi connectivity index (χ0) is 11.0. The molecule has 1 heterocycles. The zero-order valence-electron chi connectivity index (χ0n) is 10.4. The monoisotopic (exact) mass is 193 g/mol. The van der Waals surface area contributed by atoms with Crippen LogP contribution in [0.1, 0.15) is 41.5 Å². The normalized spacial score (nSPS) is 18.4. The van der Waals surface area contributed by atoms with Gasteiger partial charge in [-0.2, -0.15) is 0 Å². The van der Waals surface area contributed by atoms with E-state index in [0.717, 1.165) is 6.54 Å².